The van der Waals surface area contributed by atoms with Crippen LogP contribution in [0.15, 0.2) is 44.5 Å². The Kier molecular flexibility index (Phi) is 4.19. The van der Waals surface area contributed by atoms with E-state index in [0.29, 0.717) is 5.69 Å². The van der Waals surface area contributed by atoms with Gasteiger partial charge >= 0.3 is 0 Å². The molecule has 21 heavy (non-hydrogen) atoms. The lowest BCUT2D eigenvalue weighted by molar-refractivity contribution is 0.319. The molecule has 0 saturated heterocycles. The molecule has 0 fully saturated rings. The van der Waals surface area contributed by atoms with Crippen molar-refractivity contribution in [2.24, 2.45) is 26.8 Å². The van der Waals surface area contributed by atoms with Gasteiger partial charge in [0.1, 0.15) is 0 Å². The average Bonchev–Trinajstić information content (AvgIpc) is 2.76. The van der Waals surface area contributed by atoms with E-state index in [2.05, 4.69) is 20.7 Å². The molecule has 0 unspecified atom stereocenters. The van der Waals surface area contributed by atoms with Crippen molar-refractivity contribution in [1.82, 2.24) is 0 Å². The van der Waals surface area contributed by atoms with Crippen LogP contribution >= 0.6 is 0 Å². The molecular formula is C11H14N6O3S. The third-order valence-corrected chi connectivity index (χ3v) is 4.29. The number of hydrazone groups is 1. The molecule has 112 valence electrons. The van der Waals surface area contributed by atoms with Gasteiger partial charge in [-0.15, -0.1) is 10.2 Å². The number of nitrogens with zero attached hydrogens (tertiary/aromatic N) is 3. The number of aliphatic hydroxyl groups excluding tert-OH is 1. The van der Waals surface area contributed by atoms with Gasteiger partial charge in [0.05, 0.1) is 22.9 Å². The highest BCUT2D eigenvalue weighted by molar-refractivity contribution is 7.91. The molecule has 0 amide bonds. The minimum Gasteiger partial charge on any atom is -0.395 e. The van der Waals surface area contributed by atoms with E-state index in [1.807, 2.05) is 0 Å². The Bertz CT molecular complexity index is 718. The quantitative estimate of drug-likeness (QED) is 0.504. The normalized spacial score (nSPS) is 14.6. The van der Waals surface area contributed by atoms with Crippen molar-refractivity contribution >= 4 is 32.9 Å². The monoisotopic (exact) mass is 310 g/mol. The number of hydrogen-bond donors (Lipinski definition) is 4. The molecule has 1 aromatic carbocycles. The molecule has 0 bridgehead atoms. The molecule has 0 spiro atoms. The summed E-state index contributed by atoms with van der Waals surface area (Å²) in [6.45, 7) is -0.442. The Morgan fingerprint density at radius 3 is 2.52 bits per heavy atom. The molecule has 9 nitrogen and oxygen atoms in total. The molecule has 1 heterocycles. The Morgan fingerprint density at radius 1 is 1.24 bits per heavy atom. The van der Waals surface area contributed by atoms with Crippen LogP contribution in [0.5, 0.6) is 0 Å². The van der Waals surface area contributed by atoms with Gasteiger partial charge in [0.15, 0.2) is 27.2 Å². The largest absolute Gasteiger partial charge is 0.395 e. The number of hydrogen-bond acceptors (Lipinski definition) is 9. The summed E-state index contributed by atoms with van der Waals surface area (Å²) in [7, 11) is -3.53. The highest BCUT2D eigenvalue weighted by atomic mass is 32.2. The second kappa shape index (κ2) is 5.89. The van der Waals surface area contributed by atoms with Crippen LogP contribution < -0.4 is 16.9 Å². The molecule has 0 aromatic heterocycles. The van der Waals surface area contributed by atoms with Crippen molar-refractivity contribution in [3.8, 4) is 0 Å². The van der Waals surface area contributed by atoms with E-state index in [1.165, 1.54) is 12.1 Å². The van der Waals surface area contributed by atoms with E-state index < -0.39 is 16.4 Å². The second-order valence-electron chi connectivity index (χ2n) is 4.11. The average molecular weight is 310 g/mol. The van der Waals surface area contributed by atoms with Gasteiger partial charge in [-0.25, -0.2) is 8.42 Å². The third kappa shape index (κ3) is 3.35. The lowest BCUT2D eigenvalue weighted by Crippen LogP contribution is -2.32. The number of rotatable bonds is 5. The fourth-order valence-electron chi connectivity index (χ4n) is 1.57. The number of anilines is 1. The number of benzene rings is 1. The zero-order chi connectivity index (χ0) is 15.5. The summed E-state index contributed by atoms with van der Waals surface area (Å²) >= 11 is 0. The fraction of sp³-hybridized carbons (Fsp3) is 0.182. The van der Waals surface area contributed by atoms with Gasteiger partial charge < -0.3 is 16.6 Å². The van der Waals surface area contributed by atoms with Crippen LogP contribution in [-0.2, 0) is 9.84 Å². The summed E-state index contributed by atoms with van der Waals surface area (Å²) in [5.74, 6) is -0.197. The van der Waals surface area contributed by atoms with Gasteiger partial charge in [0.25, 0.3) is 0 Å². The Hall–Kier alpha value is -2.46. The third-order valence-electron chi connectivity index (χ3n) is 2.60. The van der Waals surface area contributed by atoms with Gasteiger partial charge in [-0.05, 0) is 18.2 Å². The van der Waals surface area contributed by atoms with Crippen molar-refractivity contribution < 1.29 is 13.5 Å². The van der Waals surface area contributed by atoms with Crippen LogP contribution in [0.3, 0.4) is 0 Å². The number of aliphatic hydroxyl groups is 1. The molecule has 0 saturated carbocycles. The first-order valence-corrected chi connectivity index (χ1v) is 7.54. The van der Waals surface area contributed by atoms with Crippen LogP contribution in [0, 0.1) is 0 Å². The van der Waals surface area contributed by atoms with E-state index in [0.717, 1.165) is 0 Å². The summed E-state index contributed by atoms with van der Waals surface area (Å²) in [4.78, 5) is 0.0800. The van der Waals surface area contributed by atoms with Gasteiger partial charge in [0, 0.05) is 0 Å². The maximum atomic E-state index is 11.8. The van der Waals surface area contributed by atoms with Crippen molar-refractivity contribution in [1.29, 1.82) is 0 Å². The van der Waals surface area contributed by atoms with E-state index in [1.54, 1.807) is 12.1 Å². The molecule has 0 atom stereocenters. The number of amidine groups is 2. The summed E-state index contributed by atoms with van der Waals surface area (Å²) in [6.07, 6.45) is 0. The fourth-order valence-corrected chi connectivity index (χ4v) is 2.63. The summed E-state index contributed by atoms with van der Waals surface area (Å²) in [6, 6.07) is 6.00. The molecule has 10 heteroatoms. The molecule has 1 aliphatic rings. The van der Waals surface area contributed by atoms with Crippen molar-refractivity contribution in [2.45, 2.75) is 4.90 Å². The van der Waals surface area contributed by atoms with Crippen LogP contribution in [0.2, 0.25) is 0 Å². The summed E-state index contributed by atoms with van der Waals surface area (Å²) < 4.78 is 23.7. The SMILES string of the molecule is NC1=NN=C(N)C1=NNc1cccc(S(=O)(=O)CCO)c1. The molecule has 6 N–H and O–H groups in total. The highest BCUT2D eigenvalue weighted by Gasteiger charge is 2.17. The number of sulfone groups is 1. The van der Waals surface area contributed by atoms with E-state index >= 15 is 0 Å². The molecular weight excluding hydrogens is 296 g/mol. The van der Waals surface area contributed by atoms with Crippen LogP contribution in [0.1, 0.15) is 0 Å². The highest BCUT2D eigenvalue weighted by Crippen LogP contribution is 2.16. The molecule has 0 radical (unpaired) electrons. The molecule has 0 aliphatic carbocycles. The Labute approximate surface area is 121 Å². The first-order valence-electron chi connectivity index (χ1n) is 5.89. The first-order chi connectivity index (χ1) is 9.94. The van der Waals surface area contributed by atoms with Gasteiger partial charge in [-0.2, -0.15) is 5.10 Å². The van der Waals surface area contributed by atoms with E-state index in [4.69, 9.17) is 16.6 Å². The van der Waals surface area contributed by atoms with Gasteiger partial charge in [-0.3, -0.25) is 5.43 Å². The number of nitrogens with two attached hydrogens (primary N) is 2. The smallest absolute Gasteiger partial charge is 0.180 e. The summed E-state index contributed by atoms with van der Waals surface area (Å²) in [5, 5.41) is 19.8. The maximum absolute atomic E-state index is 11.8. The minimum absolute atomic E-state index is 0.0732. The first kappa shape index (κ1) is 14.9. The standard InChI is InChI=1S/C11H14N6O3S/c12-10-9(11(13)17-16-10)15-14-7-2-1-3-8(6-7)21(19,20)5-4-18/h1-3,6,14,18H,4-5H2,(H4,12,13,15,16,17). The van der Waals surface area contributed by atoms with Gasteiger partial charge in [0.2, 0.25) is 0 Å². The van der Waals surface area contributed by atoms with Crippen molar-refractivity contribution in [2.75, 3.05) is 17.8 Å². The van der Waals surface area contributed by atoms with Gasteiger partial charge in [-0.1, -0.05) is 6.07 Å². The van der Waals surface area contributed by atoms with Crippen LogP contribution in [-0.4, -0.2) is 43.3 Å². The van der Waals surface area contributed by atoms with Crippen molar-refractivity contribution in [3.63, 3.8) is 0 Å². The Balaban J connectivity index is 2.22. The molecule has 1 aromatic rings. The second-order valence-corrected chi connectivity index (χ2v) is 6.22. The maximum Gasteiger partial charge on any atom is 0.180 e. The van der Waals surface area contributed by atoms with Crippen molar-refractivity contribution in [3.05, 3.63) is 24.3 Å². The lowest BCUT2D eigenvalue weighted by atomic mass is 10.3. The molecule has 1 aliphatic heterocycles. The van der Waals surface area contributed by atoms with Crippen LogP contribution in [0.4, 0.5) is 5.69 Å². The predicted octanol–water partition coefficient (Wildman–Crippen LogP) is -1.14. The number of nitrogens with one attached hydrogen (secondary N) is 1. The van der Waals surface area contributed by atoms with E-state index in [9.17, 15) is 8.42 Å². The molecule has 2 rings (SSSR count). The summed E-state index contributed by atoms with van der Waals surface area (Å²) in [5.41, 5.74) is 14.3. The zero-order valence-electron chi connectivity index (χ0n) is 10.9. The minimum atomic E-state index is -3.53. The Morgan fingerprint density at radius 2 is 1.90 bits per heavy atom. The lowest BCUT2D eigenvalue weighted by Gasteiger charge is -2.06. The topological polar surface area (TPSA) is 156 Å². The van der Waals surface area contributed by atoms with Crippen LogP contribution in [0.25, 0.3) is 0 Å². The predicted molar refractivity (Wildman–Crippen MR) is 79.9 cm³/mol. The van der Waals surface area contributed by atoms with E-state index in [-0.39, 0.29) is 28.0 Å². The zero-order valence-corrected chi connectivity index (χ0v) is 11.7.